The Bertz CT molecular complexity index is 446. The summed E-state index contributed by atoms with van der Waals surface area (Å²) in [6.07, 6.45) is 0.701. The summed E-state index contributed by atoms with van der Waals surface area (Å²) in [6.45, 7) is 10.2. The van der Waals surface area contributed by atoms with Crippen molar-refractivity contribution in [2.75, 3.05) is 0 Å². The van der Waals surface area contributed by atoms with Crippen LogP contribution in [0.2, 0.25) is 0 Å². The summed E-state index contributed by atoms with van der Waals surface area (Å²) in [5.74, 6) is -2.79. The maximum absolute atomic E-state index is 12.0. The number of aliphatic carboxylic acids is 1. The van der Waals surface area contributed by atoms with Gasteiger partial charge in [0.2, 0.25) is 5.54 Å². The van der Waals surface area contributed by atoms with E-state index in [0.717, 1.165) is 0 Å². The Morgan fingerprint density at radius 2 is 1.39 bits per heavy atom. The van der Waals surface area contributed by atoms with E-state index in [-0.39, 0.29) is 18.8 Å². The van der Waals surface area contributed by atoms with E-state index in [0.29, 0.717) is 12.8 Å². The van der Waals surface area contributed by atoms with Crippen LogP contribution in [0.3, 0.4) is 0 Å². The lowest BCUT2D eigenvalue weighted by molar-refractivity contribution is -0.169. The van der Waals surface area contributed by atoms with Crippen LogP contribution >= 0.6 is 0 Å². The minimum Gasteiger partial charge on any atom is -0.479 e. The predicted molar refractivity (Wildman–Crippen MR) is 84.7 cm³/mol. The molecule has 0 bridgehead atoms. The first-order valence-corrected chi connectivity index (χ1v) is 7.65. The molecule has 1 unspecified atom stereocenters. The third-order valence-corrected chi connectivity index (χ3v) is 2.77. The molecule has 0 aromatic carbocycles. The van der Waals surface area contributed by atoms with Crippen LogP contribution in [0.4, 0.5) is 0 Å². The van der Waals surface area contributed by atoms with Gasteiger partial charge in [-0.2, -0.15) is 0 Å². The van der Waals surface area contributed by atoms with Crippen LogP contribution in [0.25, 0.3) is 0 Å². The lowest BCUT2D eigenvalue weighted by atomic mass is 9.93. The van der Waals surface area contributed by atoms with Crippen LogP contribution in [-0.2, 0) is 23.9 Å². The van der Waals surface area contributed by atoms with Crippen molar-refractivity contribution >= 4 is 17.9 Å². The minimum absolute atomic E-state index is 0.111. The molecule has 0 spiro atoms. The van der Waals surface area contributed by atoms with E-state index in [9.17, 15) is 19.5 Å². The van der Waals surface area contributed by atoms with Gasteiger partial charge in [-0.15, -0.1) is 0 Å². The zero-order chi connectivity index (χ0) is 18.5. The SMILES string of the molecule is CC(C)(C)OC(=O)CCCCC(N)(C(=O)O)C(=O)OC(C)(C)C. The Morgan fingerprint density at radius 1 is 0.913 bits per heavy atom. The average Bonchev–Trinajstić information content (AvgIpc) is 2.29. The predicted octanol–water partition coefficient (Wildman–Crippen LogP) is 2.01. The van der Waals surface area contributed by atoms with Crippen LogP contribution in [0.5, 0.6) is 0 Å². The monoisotopic (exact) mass is 331 g/mol. The lowest BCUT2D eigenvalue weighted by Gasteiger charge is -2.28. The number of rotatable bonds is 7. The fourth-order valence-corrected chi connectivity index (χ4v) is 1.73. The zero-order valence-electron chi connectivity index (χ0n) is 14.9. The van der Waals surface area contributed by atoms with Gasteiger partial charge in [0, 0.05) is 6.42 Å². The summed E-state index contributed by atoms with van der Waals surface area (Å²) in [4.78, 5) is 34.9. The third kappa shape index (κ3) is 8.54. The first kappa shape index (κ1) is 21.4. The molecule has 0 amide bonds. The summed E-state index contributed by atoms with van der Waals surface area (Å²) in [5, 5.41) is 9.24. The van der Waals surface area contributed by atoms with Crippen molar-refractivity contribution < 1.29 is 29.0 Å². The number of hydrogen-bond donors (Lipinski definition) is 2. The molecule has 23 heavy (non-hydrogen) atoms. The number of esters is 2. The highest BCUT2D eigenvalue weighted by atomic mass is 16.6. The Kier molecular flexibility index (Phi) is 7.22. The number of ether oxygens (including phenoxy) is 2. The molecule has 1 atom stereocenters. The number of carbonyl (C=O) groups is 3. The summed E-state index contributed by atoms with van der Waals surface area (Å²) < 4.78 is 10.2. The molecule has 0 aliphatic rings. The third-order valence-electron chi connectivity index (χ3n) is 2.77. The van der Waals surface area contributed by atoms with Gasteiger partial charge in [-0.25, -0.2) is 9.59 Å². The molecule has 0 heterocycles. The first-order chi connectivity index (χ1) is 10.2. The molecule has 7 heteroatoms. The number of carboxylic acid groups (broad SMARTS) is 1. The fraction of sp³-hybridized carbons (Fsp3) is 0.812. The number of nitrogens with two attached hydrogens (primary N) is 1. The smallest absolute Gasteiger partial charge is 0.338 e. The summed E-state index contributed by atoms with van der Waals surface area (Å²) in [6, 6.07) is 0. The fourth-order valence-electron chi connectivity index (χ4n) is 1.73. The number of carboxylic acids is 1. The van der Waals surface area contributed by atoms with E-state index in [1.54, 1.807) is 41.5 Å². The first-order valence-electron chi connectivity index (χ1n) is 7.65. The van der Waals surface area contributed by atoms with Gasteiger partial charge in [0.05, 0.1) is 0 Å². The molecular weight excluding hydrogens is 302 g/mol. The second-order valence-corrected chi connectivity index (χ2v) is 7.57. The minimum atomic E-state index is -2.11. The van der Waals surface area contributed by atoms with Crippen LogP contribution in [0.15, 0.2) is 0 Å². The molecular formula is C16H29NO6. The van der Waals surface area contributed by atoms with E-state index < -0.39 is 28.7 Å². The molecule has 0 saturated heterocycles. The zero-order valence-corrected chi connectivity index (χ0v) is 14.9. The van der Waals surface area contributed by atoms with Gasteiger partial charge in [0.1, 0.15) is 11.2 Å². The van der Waals surface area contributed by atoms with Crippen LogP contribution in [0.1, 0.15) is 67.2 Å². The number of hydrogen-bond acceptors (Lipinski definition) is 6. The lowest BCUT2D eigenvalue weighted by Crippen LogP contribution is -2.57. The molecule has 0 radical (unpaired) electrons. The van der Waals surface area contributed by atoms with Gasteiger partial charge in [-0.05, 0) is 60.8 Å². The van der Waals surface area contributed by atoms with Crippen molar-refractivity contribution in [3.05, 3.63) is 0 Å². The van der Waals surface area contributed by atoms with Crippen LogP contribution in [-0.4, -0.2) is 39.8 Å². The van der Waals surface area contributed by atoms with Crippen LogP contribution in [0, 0.1) is 0 Å². The maximum Gasteiger partial charge on any atom is 0.338 e. The van der Waals surface area contributed by atoms with E-state index in [2.05, 4.69) is 0 Å². The number of carbonyl (C=O) groups excluding carboxylic acids is 2. The van der Waals surface area contributed by atoms with Gasteiger partial charge >= 0.3 is 17.9 Å². The summed E-state index contributed by atoms with van der Waals surface area (Å²) in [7, 11) is 0. The standard InChI is InChI=1S/C16H29NO6/c1-14(2,3)22-11(18)9-7-8-10-16(17,12(19)20)13(21)23-15(4,5)6/h7-10,17H2,1-6H3,(H,19,20). The van der Waals surface area contributed by atoms with Gasteiger partial charge in [-0.1, -0.05) is 0 Å². The average molecular weight is 331 g/mol. The van der Waals surface area contributed by atoms with E-state index in [4.69, 9.17) is 15.2 Å². The topological polar surface area (TPSA) is 116 Å². The summed E-state index contributed by atoms with van der Waals surface area (Å²) >= 11 is 0. The van der Waals surface area contributed by atoms with Crippen molar-refractivity contribution in [1.82, 2.24) is 0 Å². The van der Waals surface area contributed by atoms with Gasteiger partial charge < -0.3 is 20.3 Å². The molecule has 0 saturated carbocycles. The van der Waals surface area contributed by atoms with Gasteiger partial charge in [0.25, 0.3) is 0 Å². The normalized spacial score (nSPS) is 14.7. The van der Waals surface area contributed by atoms with E-state index in [1.807, 2.05) is 0 Å². The highest BCUT2D eigenvalue weighted by molar-refractivity contribution is 6.03. The second-order valence-electron chi connectivity index (χ2n) is 7.57. The Morgan fingerprint density at radius 3 is 1.78 bits per heavy atom. The highest BCUT2D eigenvalue weighted by Gasteiger charge is 2.44. The van der Waals surface area contributed by atoms with Crippen LogP contribution < -0.4 is 5.73 Å². The van der Waals surface area contributed by atoms with Gasteiger partial charge in [0.15, 0.2) is 0 Å². The molecule has 0 aromatic rings. The van der Waals surface area contributed by atoms with Crippen molar-refractivity contribution in [3.8, 4) is 0 Å². The highest BCUT2D eigenvalue weighted by Crippen LogP contribution is 2.20. The quantitative estimate of drug-likeness (QED) is 0.416. The molecule has 0 rings (SSSR count). The Hall–Kier alpha value is -1.63. The Balaban J connectivity index is 4.54. The van der Waals surface area contributed by atoms with E-state index in [1.165, 1.54) is 0 Å². The number of unbranched alkanes of at least 4 members (excludes halogenated alkanes) is 1. The molecule has 0 aliphatic carbocycles. The van der Waals surface area contributed by atoms with Crippen molar-refractivity contribution in [3.63, 3.8) is 0 Å². The van der Waals surface area contributed by atoms with Crippen molar-refractivity contribution in [1.29, 1.82) is 0 Å². The van der Waals surface area contributed by atoms with Crippen molar-refractivity contribution in [2.24, 2.45) is 5.73 Å². The molecule has 0 aromatic heterocycles. The molecule has 0 aliphatic heterocycles. The molecule has 134 valence electrons. The molecule has 7 nitrogen and oxygen atoms in total. The van der Waals surface area contributed by atoms with Gasteiger partial charge in [-0.3, -0.25) is 4.79 Å². The van der Waals surface area contributed by atoms with Crippen molar-refractivity contribution in [2.45, 2.75) is 84.0 Å². The summed E-state index contributed by atoms with van der Waals surface area (Å²) in [5.41, 5.74) is 2.22. The van der Waals surface area contributed by atoms with E-state index >= 15 is 0 Å². The molecule has 0 fully saturated rings. The largest absolute Gasteiger partial charge is 0.479 e. The second kappa shape index (κ2) is 7.77. The molecule has 3 N–H and O–H groups in total. The Labute approximate surface area is 137 Å². The maximum atomic E-state index is 12.0.